The largest absolute Gasteiger partial charge is 0.382 e. The molecule has 1 aliphatic heterocycles. The average molecular weight is 270 g/mol. The molecule has 1 aliphatic rings. The van der Waals surface area contributed by atoms with Crippen LogP contribution in [0.4, 0.5) is 15.3 Å². The van der Waals surface area contributed by atoms with Gasteiger partial charge in [-0.05, 0) is 24.6 Å². The van der Waals surface area contributed by atoms with E-state index in [1.54, 1.807) is 31.2 Å². The van der Waals surface area contributed by atoms with Crippen LogP contribution in [-0.4, -0.2) is 24.4 Å². The number of terminal acetylenes is 1. The SMILES string of the molecule is C#CCON=C(C)c1ccc(N2C(=O)N=NC2=O)cc1. The van der Waals surface area contributed by atoms with Crippen molar-refractivity contribution in [2.45, 2.75) is 6.92 Å². The van der Waals surface area contributed by atoms with E-state index < -0.39 is 12.1 Å². The van der Waals surface area contributed by atoms with Crippen LogP contribution < -0.4 is 4.90 Å². The Morgan fingerprint density at radius 2 is 1.90 bits per heavy atom. The highest BCUT2D eigenvalue weighted by molar-refractivity contribution is 6.17. The maximum Gasteiger partial charge on any atom is 0.375 e. The number of imide groups is 1. The van der Waals surface area contributed by atoms with Crippen LogP contribution in [0.25, 0.3) is 0 Å². The number of azo groups is 1. The number of anilines is 1. The minimum Gasteiger partial charge on any atom is -0.382 e. The summed E-state index contributed by atoms with van der Waals surface area (Å²) in [6.07, 6.45) is 5.04. The monoisotopic (exact) mass is 270 g/mol. The van der Waals surface area contributed by atoms with E-state index in [0.29, 0.717) is 11.4 Å². The van der Waals surface area contributed by atoms with Crippen molar-refractivity contribution in [2.75, 3.05) is 11.5 Å². The van der Waals surface area contributed by atoms with E-state index in [9.17, 15) is 9.59 Å². The van der Waals surface area contributed by atoms with E-state index in [2.05, 4.69) is 21.3 Å². The predicted molar refractivity (Wildman–Crippen MR) is 71.6 cm³/mol. The van der Waals surface area contributed by atoms with Gasteiger partial charge in [-0.3, -0.25) is 0 Å². The Kier molecular flexibility index (Phi) is 3.86. The Hall–Kier alpha value is -3.01. The van der Waals surface area contributed by atoms with E-state index >= 15 is 0 Å². The number of urea groups is 2. The van der Waals surface area contributed by atoms with Gasteiger partial charge < -0.3 is 4.84 Å². The second kappa shape index (κ2) is 5.75. The van der Waals surface area contributed by atoms with Crippen LogP contribution in [0, 0.1) is 12.3 Å². The molecule has 1 aromatic rings. The van der Waals surface area contributed by atoms with Crippen molar-refractivity contribution in [3.8, 4) is 12.3 Å². The second-order valence-corrected chi connectivity index (χ2v) is 3.80. The highest BCUT2D eigenvalue weighted by Gasteiger charge is 2.28. The molecule has 0 bridgehead atoms. The third kappa shape index (κ3) is 2.70. The van der Waals surface area contributed by atoms with Gasteiger partial charge in [-0.1, -0.05) is 33.4 Å². The molecule has 0 spiro atoms. The molecule has 0 unspecified atom stereocenters. The van der Waals surface area contributed by atoms with Crippen LogP contribution in [0.15, 0.2) is 39.6 Å². The summed E-state index contributed by atoms with van der Waals surface area (Å²) in [5.41, 5.74) is 1.80. The summed E-state index contributed by atoms with van der Waals surface area (Å²) in [4.78, 5) is 28.5. The van der Waals surface area contributed by atoms with Gasteiger partial charge in [0.05, 0.1) is 11.4 Å². The lowest BCUT2D eigenvalue weighted by atomic mass is 10.1. The first-order valence-corrected chi connectivity index (χ1v) is 5.63. The van der Waals surface area contributed by atoms with Crippen molar-refractivity contribution < 1.29 is 14.4 Å². The Bertz CT molecular complexity index is 623. The first-order chi connectivity index (χ1) is 9.63. The molecule has 0 radical (unpaired) electrons. The van der Waals surface area contributed by atoms with Gasteiger partial charge in [0.15, 0.2) is 6.61 Å². The maximum absolute atomic E-state index is 11.4. The fraction of sp³-hybridized carbons (Fsp3) is 0.154. The number of benzene rings is 1. The summed E-state index contributed by atoms with van der Waals surface area (Å²) in [7, 11) is 0. The molecule has 1 heterocycles. The van der Waals surface area contributed by atoms with Gasteiger partial charge in [-0.2, -0.15) is 0 Å². The minimum atomic E-state index is -0.703. The standard InChI is InChI=1S/C13H10N4O3/c1-3-8-20-16-9(2)10-4-6-11(7-5-10)17-12(18)14-15-13(17)19/h1,4-7H,8H2,2H3. The number of hydrogen-bond acceptors (Lipinski definition) is 4. The van der Waals surface area contributed by atoms with Crippen molar-refractivity contribution in [1.82, 2.24) is 0 Å². The van der Waals surface area contributed by atoms with E-state index in [1.807, 2.05) is 0 Å². The van der Waals surface area contributed by atoms with Crippen molar-refractivity contribution >= 4 is 23.5 Å². The molecule has 0 N–H and O–H groups in total. The van der Waals surface area contributed by atoms with Crippen molar-refractivity contribution in [2.24, 2.45) is 15.4 Å². The molecular weight excluding hydrogens is 260 g/mol. The highest BCUT2D eigenvalue weighted by Crippen LogP contribution is 2.21. The molecule has 0 saturated carbocycles. The topological polar surface area (TPSA) is 83.7 Å². The third-order valence-electron chi connectivity index (χ3n) is 2.50. The summed E-state index contributed by atoms with van der Waals surface area (Å²) in [6.45, 7) is 1.84. The molecule has 0 aliphatic carbocycles. The summed E-state index contributed by atoms with van der Waals surface area (Å²) >= 11 is 0. The molecule has 0 aromatic heterocycles. The van der Waals surface area contributed by atoms with Crippen LogP contribution in [0.2, 0.25) is 0 Å². The van der Waals surface area contributed by atoms with Gasteiger partial charge in [0.2, 0.25) is 0 Å². The predicted octanol–water partition coefficient (Wildman–Crippen LogP) is 2.57. The zero-order chi connectivity index (χ0) is 14.5. The molecule has 7 heteroatoms. The molecule has 20 heavy (non-hydrogen) atoms. The summed E-state index contributed by atoms with van der Waals surface area (Å²) in [5, 5.41) is 10.2. The van der Waals surface area contributed by atoms with Crippen LogP contribution in [0.1, 0.15) is 12.5 Å². The van der Waals surface area contributed by atoms with Gasteiger partial charge in [-0.15, -0.1) is 6.42 Å². The smallest absolute Gasteiger partial charge is 0.375 e. The van der Waals surface area contributed by atoms with Gasteiger partial charge in [-0.25, -0.2) is 14.5 Å². The van der Waals surface area contributed by atoms with E-state index in [0.717, 1.165) is 10.5 Å². The maximum atomic E-state index is 11.4. The lowest BCUT2D eigenvalue weighted by molar-refractivity contribution is 0.180. The summed E-state index contributed by atoms with van der Waals surface area (Å²) in [5.74, 6) is 2.30. The normalized spacial score (nSPS) is 14.6. The van der Waals surface area contributed by atoms with E-state index in [-0.39, 0.29) is 6.61 Å². The molecule has 7 nitrogen and oxygen atoms in total. The van der Waals surface area contributed by atoms with Crippen LogP contribution in [-0.2, 0) is 4.84 Å². The summed E-state index contributed by atoms with van der Waals surface area (Å²) < 4.78 is 0. The lowest BCUT2D eigenvalue weighted by Gasteiger charge is -2.10. The van der Waals surface area contributed by atoms with Crippen molar-refractivity contribution in [3.05, 3.63) is 29.8 Å². The van der Waals surface area contributed by atoms with E-state index in [1.165, 1.54) is 0 Å². The third-order valence-corrected chi connectivity index (χ3v) is 2.50. The molecule has 4 amide bonds. The molecule has 0 atom stereocenters. The Morgan fingerprint density at radius 1 is 1.30 bits per heavy atom. The fourth-order valence-corrected chi connectivity index (χ4v) is 1.55. The number of hydrogen-bond donors (Lipinski definition) is 0. The van der Waals surface area contributed by atoms with Crippen molar-refractivity contribution in [1.29, 1.82) is 0 Å². The lowest BCUT2D eigenvalue weighted by Crippen LogP contribution is -2.27. The number of rotatable bonds is 4. The fourth-order valence-electron chi connectivity index (χ4n) is 1.55. The van der Waals surface area contributed by atoms with E-state index in [4.69, 9.17) is 11.3 Å². The quantitative estimate of drug-likeness (QED) is 0.365. The van der Waals surface area contributed by atoms with Crippen LogP contribution in [0.3, 0.4) is 0 Å². The first-order valence-electron chi connectivity index (χ1n) is 5.63. The molecule has 2 rings (SSSR count). The zero-order valence-electron chi connectivity index (χ0n) is 10.6. The van der Waals surface area contributed by atoms with Gasteiger partial charge >= 0.3 is 12.1 Å². The molecule has 100 valence electrons. The number of carbonyl (C=O) groups is 2. The number of amides is 4. The summed E-state index contributed by atoms with van der Waals surface area (Å²) in [6, 6.07) is 5.19. The van der Waals surface area contributed by atoms with Gasteiger partial charge in [0, 0.05) is 0 Å². The van der Waals surface area contributed by atoms with Crippen molar-refractivity contribution in [3.63, 3.8) is 0 Å². The Balaban J connectivity index is 2.15. The second-order valence-electron chi connectivity index (χ2n) is 3.80. The molecular formula is C13H10N4O3. The zero-order valence-corrected chi connectivity index (χ0v) is 10.6. The number of nitrogens with zero attached hydrogens (tertiary/aromatic N) is 4. The molecule has 0 fully saturated rings. The molecule has 1 aromatic carbocycles. The minimum absolute atomic E-state index is 0.0925. The Morgan fingerprint density at radius 3 is 2.45 bits per heavy atom. The Labute approximate surface area is 114 Å². The van der Waals surface area contributed by atoms with Gasteiger partial charge in [0.25, 0.3) is 0 Å². The van der Waals surface area contributed by atoms with Crippen LogP contribution >= 0.6 is 0 Å². The number of oxime groups is 1. The molecule has 0 saturated heterocycles. The highest BCUT2D eigenvalue weighted by atomic mass is 16.6. The number of carbonyl (C=O) groups excluding carboxylic acids is 2. The average Bonchev–Trinajstić information content (AvgIpc) is 2.78. The van der Waals surface area contributed by atoms with Crippen LogP contribution in [0.5, 0.6) is 0 Å². The first kappa shape index (κ1) is 13.4. The van der Waals surface area contributed by atoms with Gasteiger partial charge in [0.1, 0.15) is 0 Å².